The number of carbonyl (C=O) groups excluding carboxylic acids is 2. The number of alkyl halides is 3. The number of rotatable bonds is 4. The second-order valence-electron chi connectivity index (χ2n) is 5.33. The lowest BCUT2D eigenvalue weighted by Gasteiger charge is -2.21. The van der Waals surface area contributed by atoms with Crippen LogP contribution in [0.15, 0.2) is 42.5 Å². The zero-order valence-corrected chi connectivity index (χ0v) is 13.4. The van der Waals surface area contributed by atoms with Crippen LogP contribution < -0.4 is 10.2 Å². The van der Waals surface area contributed by atoms with Crippen molar-refractivity contribution in [2.75, 3.05) is 16.8 Å². The number of benzene rings is 2. The molecule has 0 bridgehead atoms. The topological polar surface area (TPSA) is 49.4 Å². The molecular formula is C17H13F5N2O2. The van der Waals surface area contributed by atoms with Crippen LogP contribution in [0, 0.1) is 11.6 Å². The highest BCUT2D eigenvalue weighted by molar-refractivity contribution is 6.01. The fourth-order valence-electron chi connectivity index (χ4n) is 2.15. The van der Waals surface area contributed by atoms with Crippen molar-refractivity contribution in [3.05, 3.63) is 59.7 Å². The van der Waals surface area contributed by atoms with Crippen molar-refractivity contribution < 1.29 is 31.5 Å². The van der Waals surface area contributed by atoms with Gasteiger partial charge in [0.15, 0.2) is 11.6 Å². The molecule has 9 heteroatoms. The number of nitrogens with zero attached hydrogens (tertiary/aromatic N) is 1. The maximum atomic E-state index is 13.3. The normalized spacial score (nSPS) is 11.2. The maximum Gasteiger partial charge on any atom is 0.416 e. The molecule has 0 unspecified atom stereocenters. The molecule has 2 amide bonds. The van der Waals surface area contributed by atoms with Gasteiger partial charge in [-0.3, -0.25) is 9.59 Å². The molecule has 1 N–H and O–H groups in total. The lowest BCUT2D eigenvalue weighted by atomic mass is 10.2. The van der Waals surface area contributed by atoms with Gasteiger partial charge in [-0.15, -0.1) is 0 Å². The van der Waals surface area contributed by atoms with Crippen molar-refractivity contribution in [3.8, 4) is 0 Å². The van der Waals surface area contributed by atoms with E-state index in [0.29, 0.717) is 0 Å². The molecule has 0 aliphatic rings. The summed E-state index contributed by atoms with van der Waals surface area (Å²) in [5.41, 5.74) is -1.12. The number of amides is 2. The fourth-order valence-corrected chi connectivity index (χ4v) is 2.15. The summed E-state index contributed by atoms with van der Waals surface area (Å²) < 4.78 is 64.4. The van der Waals surface area contributed by atoms with E-state index in [2.05, 4.69) is 5.32 Å². The molecule has 0 radical (unpaired) electrons. The molecule has 2 aromatic carbocycles. The summed E-state index contributed by atoms with van der Waals surface area (Å²) in [7, 11) is 0. The van der Waals surface area contributed by atoms with Crippen molar-refractivity contribution in [1.82, 2.24) is 0 Å². The van der Waals surface area contributed by atoms with Crippen molar-refractivity contribution >= 4 is 23.2 Å². The highest BCUT2D eigenvalue weighted by Gasteiger charge is 2.30. The van der Waals surface area contributed by atoms with Gasteiger partial charge in [-0.05, 0) is 30.3 Å². The van der Waals surface area contributed by atoms with Gasteiger partial charge in [-0.1, -0.05) is 6.07 Å². The lowest BCUT2D eigenvalue weighted by Crippen LogP contribution is -2.36. The van der Waals surface area contributed by atoms with Gasteiger partial charge in [-0.25, -0.2) is 8.78 Å². The van der Waals surface area contributed by atoms with Gasteiger partial charge in [0.1, 0.15) is 6.54 Å². The molecule has 26 heavy (non-hydrogen) atoms. The van der Waals surface area contributed by atoms with Crippen molar-refractivity contribution in [2.24, 2.45) is 0 Å². The summed E-state index contributed by atoms with van der Waals surface area (Å²) in [6.45, 7) is 0.523. The van der Waals surface area contributed by atoms with E-state index >= 15 is 0 Å². The van der Waals surface area contributed by atoms with E-state index < -0.39 is 41.7 Å². The smallest absolute Gasteiger partial charge is 0.325 e. The first kappa shape index (κ1) is 19.4. The molecule has 0 aromatic heterocycles. The predicted molar refractivity (Wildman–Crippen MR) is 84.5 cm³/mol. The minimum Gasteiger partial charge on any atom is -0.325 e. The Balaban J connectivity index is 2.16. The van der Waals surface area contributed by atoms with Crippen molar-refractivity contribution in [2.45, 2.75) is 13.1 Å². The van der Waals surface area contributed by atoms with E-state index in [1.165, 1.54) is 6.07 Å². The average molecular weight is 372 g/mol. The number of halogens is 5. The number of nitrogens with one attached hydrogen (secondary N) is 1. The maximum absolute atomic E-state index is 13.3. The first-order valence-corrected chi connectivity index (χ1v) is 7.28. The second-order valence-corrected chi connectivity index (χ2v) is 5.33. The molecule has 0 saturated heterocycles. The van der Waals surface area contributed by atoms with Crippen LogP contribution in [0.5, 0.6) is 0 Å². The summed E-state index contributed by atoms with van der Waals surface area (Å²) in [6.07, 6.45) is -4.57. The molecule has 0 heterocycles. The Kier molecular flexibility index (Phi) is 5.59. The van der Waals surface area contributed by atoms with E-state index in [1.807, 2.05) is 0 Å². The Morgan fingerprint density at radius 1 is 1.04 bits per heavy atom. The van der Waals surface area contributed by atoms with Gasteiger partial charge < -0.3 is 10.2 Å². The molecule has 138 valence electrons. The van der Waals surface area contributed by atoms with E-state index in [-0.39, 0.29) is 11.4 Å². The first-order valence-electron chi connectivity index (χ1n) is 7.28. The van der Waals surface area contributed by atoms with Crippen molar-refractivity contribution in [1.29, 1.82) is 0 Å². The first-order chi connectivity index (χ1) is 12.1. The molecular weight excluding hydrogens is 359 g/mol. The molecule has 2 rings (SSSR count). The standard InChI is InChI=1S/C17H13F5N2O2/c1-10(25)24(13-5-6-14(18)15(19)8-13)9-16(26)23-12-4-2-3-11(7-12)17(20,21)22/h2-8H,9H2,1H3,(H,23,26). The summed E-state index contributed by atoms with van der Waals surface area (Å²) in [5.74, 6) is -3.75. The van der Waals surface area contributed by atoms with Crippen LogP contribution in [0.25, 0.3) is 0 Å². The molecule has 0 fully saturated rings. The lowest BCUT2D eigenvalue weighted by molar-refractivity contribution is -0.137. The SMILES string of the molecule is CC(=O)N(CC(=O)Nc1cccc(C(F)(F)F)c1)c1ccc(F)c(F)c1. The molecule has 0 spiro atoms. The number of anilines is 2. The van der Waals surface area contributed by atoms with Crippen LogP contribution in [0.4, 0.5) is 33.3 Å². The third-order valence-electron chi connectivity index (χ3n) is 3.37. The molecule has 0 saturated carbocycles. The monoisotopic (exact) mass is 372 g/mol. The number of hydrogen-bond acceptors (Lipinski definition) is 2. The van der Waals surface area contributed by atoms with Gasteiger partial charge in [0, 0.05) is 24.4 Å². The minimum absolute atomic E-state index is 0.0596. The third-order valence-corrected chi connectivity index (χ3v) is 3.37. The van der Waals surface area contributed by atoms with E-state index in [0.717, 1.165) is 48.2 Å². The van der Waals surface area contributed by atoms with Crippen LogP contribution >= 0.6 is 0 Å². The Labute approximate surface area is 145 Å². The van der Waals surface area contributed by atoms with Gasteiger partial charge in [-0.2, -0.15) is 13.2 Å². The Morgan fingerprint density at radius 3 is 2.31 bits per heavy atom. The fraction of sp³-hybridized carbons (Fsp3) is 0.176. The third kappa shape index (κ3) is 4.78. The highest BCUT2D eigenvalue weighted by atomic mass is 19.4. The van der Waals surface area contributed by atoms with Crippen LogP contribution in [-0.2, 0) is 15.8 Å². The second kappa shape index (κ2) is 7.51. The van der Waals surface area contributed by atoms with E-state index in [1.54, 1.807) is 0 Å². The Hall–Kier alpha value is -2.97. The zero-order valence-electron chi connectivity index (χ0n) is 13.4. The van der Waals surface area contributed by atoms with Crippen LogP contribution in [0.2, 0.25) is 0 Å². The molecule has 0 aliphatic carbocycles. The summed E-state index contributed by atoms with van der Waals surface area (Å²) in [6, 6.07) is 6.61. The summed E-state index contributed by atoms with van der Waals surface area (Å²) in [5, 5.41) is 2.23. The van der Waals surface area contributed by atoms with Crippen LogP contribution in [0.1, 0.15) is 12.5 Å². The largest absolute Gasteiger partial charge is 0.416 e. The molecule has 0 atom stereocenters. The minimum atomic E-state index is -4.57. The quantitative estimate of drug-likeness (QED) is 0.826. The molecule has 0 aliphatic heterocycles. The van der Waals surface area contributed by atoms with E-state index in [9.17, 15) is 31.5 Å². The predicted octanol–water partition coefficient (Wildman–Crippen LogP) is 3.98. The Bertz CT molecular complexity index is 836. The summed E-state index contributed by atoms with van der Waals surface area (Å²) >= 11 is 0. The number of carbonyl (C=O) groups is 2. The molecule has 2 aromatic rings. The average Bonchev–Trinajstić information content (AvgIpc) is 2.54. The zero-order chi connectivity index (χ0) is 19.5. The number of hydrogen-bond donors (Lipinski definition) is 1. The van der Waals surface area contributed by atoms with Gasteiger partial charge >= 0.3 is 6.18 Å². The highest BCUT2D eigenvalue weighted by Crippen LogP contribution is 2.30. The van der Waals surface area contributed by atoms with Crippen molar-refractivity contribution in [3.63, 3.8) is 0 Å². The van der Waals surface area contributed by atoms with Crippen LogP contribution in [-0.4, -0.2) is 18.4 Å². The van der Waals surface area contributed by atoms with Gasteiger partial charge in [0.2, 0.25) is 11.8 Å². The van der Waals surface area contributed by atoms with Crippen LogP contribution in [0.3, 0.4) is 0 Å². The van der Waals surface area contributed by atoms with Gasteiger partial charge in [0.25, 0.3) is 0 Å². The van der Waals surface area contributed by atoms with Gasteiger partial charge in [0.05, 0.1) is 5.56 Å². The summed E-state index contributed by atoms with van der Waals surface area (Å²) in [4.78, 5) is 24.6. The Morgan fingerprint density at radius 2 is 1.73 bits per heavy atom. The molecule has 4 nitrogen and oxygen atoms in total. The van der Waals surface area contributed by atoms with E-state index in [4.69, 9.17) is 0 Å².